The molecule has 0 unspecified atom stereocenters. The molecule has 0 radical (unpaired) electrons. The van der Waals surface area contributed by atoms with Crippen LogP contribution in [0.3, 0.4) is 0 Å². The fraction of sp³-hybridized carbons (Fsp3) is 0.727. The van der Waals surface area contributed by atoms with Gasteiger partial charge in [0.25, 0.3) is 0 Å². The largest absolute Gasteiger partial charge is 0.280 e. The molecule has 0 amide bonds. The molecule has 1 heterocycles. The molecule has 0 aliphatic rings. The monoisotopic (exact) mass is 259 g/mol. The number of hydrogen-bond acceptors (Lipinski definition) is 3. The van der Waals surface area contributed by atoms with Crippen molar-refractivity contribution in [3.63, 3.8) is 0 Å². The van der Waals surface area contributed by atoms with E-state index in [2.05, 4.69) is 9.82 Å². The van der Waals surface area contributed by atoms with Crippen LogP contribution in [0.4, 0.5) is 5.69 Å². The van der Waals surface area contributed by atoms with Crippen LogP contribution in [0.15, 0.2) is 0 Å². The third kappa shape index (κ3) is 3.21. The van der Waals surface area contributed by atoms with Gasteiger partial charge in [0, 0.05) is 6.04 Å². The molecular weight excluding hydrogens is 238 g/mol. The van der Waals surface area contributed by atoms with Crippen molar-refractivity contribution in [2.45, 2.75) is 47.1 Å². The molecule has 0 atom stereocenters. The molecule has 1 N–H and O–H groups in total. The van der Waals surface area contributed by atoms with Crippen molar-refractivity contribution in [2.75, 3.05) is 10.5 Å². The first kappa shape index (κ1) is 14.0. The topological polar surface area (TPSA) is 64.0 Å². The lowest BCUT2D eigenvalue weighted by atomic mass is 10.3. The van der Waals surface area contributed by atoms with E-state index in [1.54, 1.807) is 0 Å². The SMILES string of the molecule is CCCS(=O)(=O)Nc1c(C)nn(C(C)C)c1C. The summed E-state index contributed by atoms with van der Waals surface area (Å²) in [6.07, 6.45) is 0.603. The van der Waals surface area contributed by atoms with Crippen LogP contribution < -0.4 is 4.72 Å². The van der Waals surface area contributed by atoms with Crippen molar-refractivity contribution in [1.82, 2.24) is 9.78 Å². The van der Waals surface area contributed by atoms with Gasteiger partial charge in [0.1, 0.15) is 0 Å². The van der Waals surface area contributed by atoms with E-state index < -0.39 is 10.0 Å². The Balaban J connectivity index is 3.08. The quantitative estimate of drug-likeness (QED) is 0.882. The summed E-state index contributed by atoms with van der Waals surface area (Å²) in [6, 6.07) is 0.220. The molecule has 0 spiro atoms. The molecule has 1 rings (SSSR count). The van der Waals surface area contributed by atoms with Gasteiger partial charge >= 0.3 is 0 Å². The molecule has 0 bridgehead atoms. The fourth-order valence-corrected chi connectivity index (χ4v) is 3.03. The van der Waals surface area contributed by atoms with E-state index in [1.165, 1.54) is 0 Å². The molecule has 17 heavy (non-hydrogen) atoms. The van der Waals surface area contributed by atoms with Crippen molar-refractivity contribution in [3.8, 4) is 0 Å². The Morgan fingerprint density at radius 2 is 1.94 bits per heavy atom. The van der Waals surface area contributed by atoms with E-state index in [0.717, 1.165) is 11.4 Å². The molecule has 6 heteroatoms. The normalized spacial score (nSPS) is 12.1. The van der Waals surface area contributed by atoms with Gasteiger partial charge in [0.15, 0.2) is 0 Å². The van der Waals surface area contributed by atoms with Crippen molar-refractivity contribution < 1.29 is 8.42 Å². The van der Waals surface area contributed by atoms with E-state index in [9.17, 15) is 8.42 Å². The number of nitrogens with zero attached hydrogens (tertiary/aromatic N) is 2. The number of aromatic nitrogens is 2. The van der Waals surface area contributed by atoms with Crippen LogP contribution in [0, 0.1) is 13.8 Å². The van der Waals surface area contributed by atoms with Gasteiger partial charge in [-0.2, -0.15) is 5.10 Å². The summed E-state index contributed by atoms with van der Waals surface area (Å²) in [5.74, 6) is 0.138. The Bertz CT molecular complexity index is 489. The van der Waals surface area contributed by atoms with Crippen molar-refractivity contribution >= 4 is 15.7 Å². The Hall–Kier alpha value is -1.04. The molecule has 0 aliphatic heterocycles. The highest BCUT2D eigenvalue weighted by molar-refractivity contribution is 7.92. The zero-order chi connectivity index (χ0) is 13.2. The van der Waals surface area contributed by atoms with Crippen molar-refractivity contribution in [1.29, 1.82) is 0 Å². The standard InChI is InChI=1S/C11H21N3O2S/c1-6-7-17(15,16)13-11-9(4)12-14(8(2)3)10(11)5/h8,13H,6-7H2,1-5H3. The first-order valence-electron chi connectivity index (χ1n) is 5.84. The number of rotatable bonds is 5. The molecule has 0 saturated carbocycles. The summed E-state index contributed by atoms with van der Waals surface area (Å²) in [4.78, 5) is 0. The lowest BCUT2D eigenvalue weighted by molar-refractivity contribution is 0.516. The predicted octanol–water partition coefficient (Wildman–Crippen LogP) is 2.23. The summed E-state index contributed by atoms with van der Waals surface area (Å²) >= 11 is 0. The third-order valence-corrected chi connectivity index (χ3v) is 4.01. The zero-order valence-electron chi connectivity index (χ0n) is 11.1. The highest BCUT2D eigenvalue weighted by Crippen LogP contribution is 2.23. The number of anilines is 1. The van der Waals surface area contributed by atoms with Crippen LogP contribution in [0.1, 0.15) is 44.6 Å². The second-order valence-corrected chi connectivity index (χ2v) is 6.35. The molecule has 1 aromatic rings. The summed E-state index contributed by atoms with van der Waals surface area (Å²) in [5.41, 5.74) is 2.19. The summed E-state index contributed by atoms with van der Waals surface area (Å²) in [5, 5.41) is 4.34. The molecule has 5 nitrogen and oxygen atoms in total. The van der Waals surface area contributed by atoms with Crippen LogP contribution in [-0.4, -0.2) is 24.0 Å². The molecule has 0 aromatic carbocycles. The van der Waals surface area contributed by atoms with E-state index in [4.69, 9.17) is 0 Å². The summed E-state index contributed by atoms with van der Waals surface area (Å²) in [6.45, 7) is 9.57. The molecular formula is C11H21N3O2S. The fourth-order valence-electron chi connectivity index (χ4n) is 1.79. The van der Waals surface area contributed by atoms with Crippen LogP contribution in [0.5, 0.6) is 0 Å². The first-order valence-corrected chi connectivity index (χ1v) is 7.50. The minimum atomic E-state index is -3.25. The maximum atomic E-state index is 11.7. The minimum absolute atomic E-state index is 0.138. The van der Waals surface area contributed by atoms with Crippen molar-refractivity contribution in [2.24, 2.45) is 0 Å². The number of hydrogen-bond donors (Lipinski definition) is 1. The lowest BCUT2D eigenvalue weighted by Gasteiger charge is -2.10. The Kier molecular flexibility index (Phi) is 4.19. The van der Waals surface area contributed by atoms with Gasteiger partial charge < -0.3 is 0 Å². The Morgan fingerprint density at radius 1 is 1.35 bits per heavy atom. The lowest BCUT2D eigenvalue weighted by Crippen LogP contribution is -2.17. The van der Waals surface area contributed by atoms with Gasteiger partial charge in [-0.3, -0.25) is 9.40 Å². The zero-order valence-corrected chi connectivity index (χ0v) is 11.9. The van der Waals surface area contributed by atoms with Crippen LogP contribution in [-0.2, 0) is 10.0 Å². The van der Waals surface area contributed by atoms with E-state index in [1.807, 2.05) is 39.3 Å². The Morgan fingerprint density at radius 3 is 2.35 bits per heavy atom. The summed E-state index contributed by atoms with van der Waals surface area (Å²) < 4.78 is 27.9. The third-order valence-electron chi connectivity index (χ3n) is 2.54. The minimum Gasteiger partial charge on any atom is -0.280 e. The van der Waals surface area contributed by atoms with E-state index in [-0.39, 0.29) is 11.8 Å². The second-order valence-electron chi connectivity index (χ2n) is 4.51. The highest BCUT2D eigenvalue weighted by Gasteiger charge is 2.18. The molecule has 0 aliphatic carbocycles. The molecule has 98 valence electrons. The maximum Gasteiger partial charge on any atom is 0.232 e. The van der Waals surface area contributed by atoms with Gasteiger partial charge in [-0.25, -0.2) is 8.42 Å². The van der Waals surface area contributed by atoms with Crippen LogP contribution in [0.2, 0.25) is 0 Å². The van der Waals surface area contributed by atoms with E-state index >= 15 is 0 Å². The number of nitrogens with one attached hydrogen (secondary N) is 1. The van der Waals surface area contributed by atoms with Gasteiger partial charge in [0.05, 0.1) is 22.8 Å². The van der Waals surface area contributed by atoms with Gasteiger partial charge in [-0.1, -0.05) is 6.92 Å². The predicted molar refractivity (Wildman–Crippen MR) is 69.8 cm³/mol. The first-order chi connectivity index (χ1) is 7.78. The average Bonchev–Trinajstić information content (AvgIpc) is 2.45. The van der Waals surface area contributed by atoms with Crippen LogP contribution >= 0.6 is 0 Å². The molecule has 0 saturated heterocycles. The van der Waals surface area contributed by atoms with E-state index in [0.29, 0.717) is 12.1 Å². The van der Waals surface area contributed by atoms with Gasteiger partial charge in [0.2, 0.25) is 10.0 Å². The smallest absolute Gasteiger partial charge is 0.232 e. The Labute approximate surface area is 103 Å². The van der Waals surface area contributed by atoms with Gasteiger partial charge in [-0.05, 0) is 34.1 Å². The average molecular weight is 259 g/mol. The van der Waals surface area contributed by atoms with Gasteiger partial charge in [-0.15, -0.1) is 0 Å². The number of aryl methyl sites for hydroxylation is 1. The number of sulfonamides is 1. The molecule has 0 fully saturated rings. The highest BCUT2D eigenvalue weighted by atomic mass is 32.2. The molecule has 1 aromatic heterocycles. The van der Waals surface area contributed by atoms with Crippen molar-refractivity contribution in [3.05, 3.63) is 11.4 Å². The van der Waals surface area contributed by atoms with Crippen LogP contribution in [0.25, 0.3) is 0 Å². The maximum absolute atomic E-state index is 11.7. The summed E-state index contributed by atoms with van der Waals surface area (Å²) in [7, 11) is -3.25. The second kappa shape index (κ2) is 5.08.